The number of aliphatic hydroxyl groups excluding tert-OH is 1. The first-order chi connectivity index (χ1) is 15.7. The van der Waals surface area contributed by atoms with E-state index >= 15 is 0 Å². The fraction of sp³-hybridized carbons (Fsp3) is 0.217. The van der Waals surface area contributed by atoms with Crippen molar-refractivity contribution >= 4 is 43.2 Å². The second kappa shape index (κ2) is 9.26. The number of aromatic amines is 1. The number of benzene rings is 3. The molecule has 0 spiro atoms. The van der Waals surface area contributed by atoms with Crippen molar-refractivity contribution < 1.29 is 23.0 Å². The van der Waals surface area contributed by atoms with Crippen molar-refractivity contribution in [2.75, 3.05) is 35.9 Å². The van der Waals surface area contributed by atoms with Crippen LogP contribution in [0.15, 0.2) is 54.6 Å². The van der Waals surface area contributed by atoms with E-state index < -0.39 is 21.9 Å². The van der Waals surface area contributed by atoms with Crippen LogP contribution in [0.2, 0.25) is 0 Å². The van der Waals surface area contributed by atoms with Gasteiger partial charge in [0, 0.05) is 47.7 Å². The summed E-state index contributed by atoms with van der Waals surface area (Å²) < 4.78 is 38.6. The van der Waals surface area contributed by atoms with Gasteiger partial charge in [0.1, 0.15) is 11.6 Å². The van der Waals surface area contributed by atoms with Gasteiger partial charge >= 0.3 is 0 Å². The van der Waals surface area contributed by atoms with Crippen molar-refractivity contribution in [2.45, 2.75) is 6.10 Å². The Balaban J connectivity index is 1.30. The third-order valence-corrected chi connectivity index (χ3v) is 5.81. The predicted octanol–water partition coefficient (Wildman–Crippen LogP) is 3.27. The Morgan fingerprint density at radius 1 is 1.00 bits per heavy atom. The molecule has 1 heterocycles. The minimum Gasteiger partial charge on any atom is -0.508 e. The van der Waals surface area contributed by atoms with E-state index in [1.807, 2.05) is 24.3 Å². The Labute approximate surface area is 190 Å². The first kappa shape index (κ1) is 22.8. The Morgan fingerprint density at radius 3 is 2.48 bits per heavy atom. The lowest BCUT2D eigenvalue weighted by atomic mass is 10.1. The van der Waals surface area contributed by atoms with E-state index in [0.717, 1.165) is 39.8 Å². The van der Waals surface area contributed by atoms with Crippen molar-refractivity contribution in [3.8, 4) is 5.75 Å². The van der Waals surface area contributed by atoms with E-state index in [9.17, 15) is 23.0 Å². The summed E-state index contributed by atoms with van der Waals surface area (Å²) in [4.78, 5) is 3.30. The van der Waals surface area contributed by atoms with Gasteiger partial charge in [0.05, 0.1) is 23.6 Å². The van der Waals surface area contributed by atoms with Crippen LogP contribution < -0.4 is 15.4 Å². The Kier molecular flexibility index (Phi) is 6.41. The van der Waals surface area contributed by atoms with E-state index in [2.05, 4.69) is 20.3 Å². The highest BCUT2D eigenvalue weighted by Crippen LogP contribution is 2.29. The minimum atomic E-state index is -3.63. The summed E-state index contributed by atoms with van der Waals surface area (Å²) in [6, 6.07) is 15.1. The average Bonchev–Trinajstić information content (AvgIpc) is 3.10. The van der Waals surface area contributed by atoms with Gasteiger partial charge in [-0.05, 0) is 42.0 Å². The van der Waals surface area contributed by atoms with Gasteiger partial charge < -0.3 is 25.8 Å². The molecule has 174 valence electrons. The first-order valence-corrected chi connectivity index (χ1v) is 12.2. The highest BCUT2D eigenvalue weighted by Gasteiger charge is 2.13. The number of rotatable bonds is 9. The van der Waals surface area contributed by atoms with Gasteiger partial charge in [0.15, 0.2) is 0 Å². The highest BCUT2D eigenvalue weighted by atomic mass is 32.2. The van der Waals surface area contributed by atoms with Crippen LogP contribution in [0.25, 0.3) is 21.8 Å². The van der Waals surface area contributed by atoms with E-state index in [0.29, 0.717) is 18.7 Å². The van der Waals surface area contributed by atoms with Crippen LogP contribution in [0.3, 0.4) is 0 Å². The molecule has 0 amide bonds. The summed E-state index contributed by atoms with van der Waals surface area (Å²) in [6.45, 7) is 1.38. The van der Waals surface area contributed by atoms with Crippen LogP contribution >= 0.6 is 0 Å². The first-order valence-electron chi connectivity index (χ1n) is 10.3. The maximum absolute atomic E-state index is 13.8. The summed E-state index contributed by atoms with van der Waals surface area (Å²) in [5, 5.41) is 28.6. The molecule has 10 heteroatoms. The van der Waals surface area contributed by atoms with Gasteiger partial charge in [0.2, 0.25) is 10.0 Å². The number of anilines is 2. The van der Waals surface area contributed by atoms with Crippen molar-refractivity contribution in [3.63, 3.8) is 0 Å². The Bertz CT molecular complexity index is 1400. The maximum Gasteiger partial charge on any atom is 0.229 e. The van der Waals surface area contributed by atoms with Gasteiger partial charge in [-0.2, -0.15) is 0 Å². The normalized spacial score (nSPS) is 12.8. The number of fused-ring (bicyclic) bond motifs is 3. The predicted molar refractivity (Wildman–Crippen MR) is 129 cm³/mol. The summed E-state index contributed by atoms with van der Waals surface area (Å²) in [5.41, 5.74) is 2.96. The molecule has 0 aliphatic heterocycles. The van der Waals surface area contributed by atoms with Gasteiger partial charge in [0.25, 0.3) is 0 Å². The molecule has 0 bridgehead atoms. The molecule has 1 atom stereocenters. The molecule has 0 aliphatic rings. The second-order valence-corrected chi connectivity index (χ2v) is 9.62. The molecule has 1 unspecified atom stereocenters. The third kappa shape index (κ3) is 5.54. The molecule has 0 aliphatic carbocycles. The number of phenolic OH excluding ortho intramolecular Hbond substituents is 1. The molecule has 0 fully saturated rings. The lowest BCUT2D eigenvalue weighted by Crippen LogP contribution is -2.27. The van der Waals surface area contributed by atoms with Crippen LogP contribution in [0, 0.1) is 5.82 Å². The molecule has 0 saturated carbocycles. The molecule has 3 aromatic carbocycles. The SMILES string of the molecule is CS(=O)(=O)Nc1cc(C(O)CNCCNc2ccc3c(c2)[nH]c2cc(O)ccc23)ccc1F. The average molecular weight is 473 g/mol. The summed E-state index contributed by atoms with van der Waals surface area (Å²) in [5.74, 6) is -0.499. The fourth-order valence-corrected chi connectivity index (χ4v) is 4.24. The van der Waals surface area contributed by atoms with Crippen molar-refractivity contribution in [2.24, 2.45) is 0 Å². The number of hydrogen-bond donors (Lipinski definition) is 6. The van der Waals surface area contributed by atoms with E-state index in [1.165, 1.54) is 12.1 Å². The number of sulfonamides is 1. The topological polar surface area (TPSA) is 126 Å². The molecule has 8 nitrogen and oxygen atoms in total. The molecule has 6 N–H and O–H groups in total. The van der Waals surface area contributed by atoms with Crippen molar-refractivity contribution in [1.29, 1.82) is 0 Å². The quantitative estimate of drug-likeness (QED) is 0.208. The number of hydrogen-bond acceptors (Lipinski definition) is 6. The number of aromatic hydroxyl groups is 1. The zero-order valence-corrected chi connectivity index (χ0v) is 18.7. The number of H-pyrrole nitrogens is 1. The second-order valence-electron chi connectivity index (χ2n) is 7.88. The zero-order valence-electron chi connectivity index (χ0n) is 17.9. The van der Waals surface area contributed by atoms with E-state index in [4.69, 9.17) is 0 Å². The molecule has 0 saturated heterocycles. The number of phenols is 1. The fourth-order valence-electron chi connectivity index (χ4n) is 3.69. The van der Waals surface area contributed by atoms with Crippen LogP contribution in [0.4, 0.5) is 15.8 Å². The number of halogens is 1. The Morgan fingerprint density at radius 2 is 1.73 bits per heavy atom. The Hall–Kier alpha value is -3.34. The van der Waals surface area contributed by atoms with Gasteiger partial charge in [-0.15, -0.1) is 0 Å². The van der Waals surface area contributed by atoms with Gasteiger partial charge in [-0.3, -0.25) is 4.72 Å². The minimum absolute atomic E-state index is 0.196. The van der Waals surface area contributed by atoms with Crippen LogP contribution in [-0.4, -0.2) is 49.5 Å². The number of aromatic nitrogens is 1. The van der Waals surface area contributed by atoms with E-state index in [1.54, 1.807) is 12.1 Å². The smallest absolute Gasteiger partial charge is 0.229 e. The molecule has 4 aromatic rings. The molecule has 0 radical (unpaired) electrons. The maximum atomic E-state index is 13.8. The molecular formula is C23H25FN4O4S. The zero-order chi connectivity index (χ0) is 23.6. The van der Waals surface area contributed by atoms with Crippen molar-refractivity contribution in [3.05, 3.63) is 66.0 Å². The van der Waals surface area contributed by atoms with Gasteiger partial charge in [-0.25, -0.2) is 12.8 Å². The van der Waals surface area contributed by atoms with Crippen LogP contribution in [0.1, 0.15) is 11.7 Å². The summed E-state index contributed by atoms with van der Waals surface area (Å²) in [6.07, 6.45) is 0.00928. The molecular weight excluding hydrogens is 447 g/mol. The molecule has 33 heavy (non-hydrogen) atoms. The van der Waals surface area contributed by atoms with Gasteiger partial charge in [-0.1, -0.05) is 12.1 Å². The van der Waals surface area contributed by atoms with Crippen molar-refractivity contribution in [1.82, 2.24) is 10.3 Å². The lowest BCUT2D eigenvalue weighted by molar-refractivity contribution is 0.175. The third-order valence-electron chi connectivity index (χ3n) is 5.22. The monoisotopic (exact) mass is 472 g/mol. The standard InChI is InChI=1S/C23H25FN4O4S/c1-33(31,32)28-22-10-14(2-7-19(22)24)23(30)13-25-8-9-26-15-3-5-17-18-6-4-16(29)12-21(18)27-20(17)11-15/h2-7,10-12,23,25-30H,8-9,13H2,1H3. The number of aliphatic hydroxyl groups is 1. The highest BCUT2D eigenvalue weighted by molar-refractivity contribution is 7.92. The lowest BCUT2D eigenvalue weighted by Gasteiger charge is -2.15. The summed E-state index contributed by atoms with van der Waals surface area (Å²) in [7, 11) is -3.63. The molecule has 4 rings (SSSR count). The molecule has 1 aromatic heterocycles. The number of nitrogens with one attached hydrogen (secondary N) is 4. The summed E-state index contributed by atoms with van der Waals surface area (Å²) >= 11 is 0. The van der Waals surface area contributed by atoms with E-state index in [-0.39, 0.29) is 18.0 Å². The largest absolute Gasteiger partial charge is 0.508 e. The van der Waals surface area contributed by atoms with Crippen LogP contribution in [-0.2, 0) is 10.0 Å². The van der Waals surface area contributed by atoms with Crippen LogP contribution in [0.5, 0.6) is 5.75 Å².